The molecule has 2 fully saturated rings. The molecule has 0 aromatic carbocycles. The second-order valence-electron chi connectivity index (χ2n) is 6.11. The first-order chi connectivity index (χ1) is 11.3. The Morgan fingerprint density at radius 1 is 1.04 bits per heavy atom. The van der Waals surface area contributed by atoms with Gasteiger partial charge in [-0.05, 0) is 37.1 Å². The number of hydrogen-bond acceptors (Lipinski definition) is 5. The van der Waals surface area contributed by atoms with E-state index in [-0.39, 0.29) is 0 Å². The van der Waals surface area contributed by atoms with Crippen LogP contribution in [0.1, 0.15) is 12.8 Å². The molecule has 0 spiro atoms. The largest absolute Gasteiger partial charge is 0.352 e. The lowest BCUT2D eigenvalue weighted by Gasteiger charge is -2.35. The summed E-state index contributed by atoms with van der Waals surface area (Å²) in [5.41, 5.74) is 1.79. The Balaban J connectivity index is 1.40. The highest BCUT2D eigenvalue weighted by Crippen LogP contribution is 2.31. The van der Waals surface area contributed by atoms with Gasteiger partial charge in [0.1, 0.15) is 0 Å². The summed E-state index contributed by atoms with van der Waals surface area (Å²) in [7, 11) is 0. The fourth-order valence-corrected chi connectivity index (χ4v) is 2.91. The summed E-state index contributed by atoms with van der Waals surface area (Å²) in [6.07, 6.45) is 5.67. The Bertz CT molecular complexity index is 676. The molecule has 1 aliphatic heterocycles. The first kappa shape index (κ1) is 14.1. The zero-order valence-corrected chi connectivity index (χ0v) is 12.9. The Morgan fingerprint density at radius 2 is 1.87 bits per heavy atom. The van der Waals surface area contributed by atoms with Crippen molar-refractivity contribution >= 4 is 11.7 Å². The number of pyridine rings is 1. The van der Waals surface area contributed by atoms with Crippen LogP contribution in [-0.2, 0) is 4.79 Å². The number of amides is 1. The van der Waals surface area contributed by atoms with E-state index in [1.807, 2.05) is 29.2 Å². The Hall–Kier alpha value is -2.50. The van der Waals surface area contributed by atoms with Crippen LogP contribution >= 0.6 is 0 Å². The molecule has 0 radical (unpaired) electrons. The van der Waals surface area contributed by atoms with Crippen LogP contribution in [0.4, 0.5) is 5.82 Å². The van der Waals surface area contributed by atoms with E-state index in [0.717, 1.165) is 56.1 Å². The molecule has 0 N–H and O–H groups in total. The first-order valence-electron chi connectivity index (χ1n) is 8.09. The highest BCUT2D eigenvalue weighted by molar-refractivity contribution is 5.81. The van der Waals surface area contributed by atoms with Gasteiger partial charge in [-0.3, -0.25) is 9.78 Å². The Kier molecular flexibility index (Phi) is 3.65. The van der Waals surface area contributed by atoms with Crippen molar-refractivity contribution in [2.45, 2.75) is 12.8 Å². The van der Waals surface area contributed by atoms with Crippen LogP contribution in [0.5, 0.6) is 0 Å². The smallest absolute Gasteiger partial charge is 0.225 e. The monoisotopic (exact) mass is 309 g/mol. The van der Waals surface area contributed by atoms with Crippen LogP contribution in [0.15, 0.2) is 36.7 Å². The second-order valence-corrected chi connectivity index (χ2v) is 6.11. The molecule has 2 aliphatic rings. The predicted octanol–water partition coefficient (Wildman–Crippen LogP) is 1.60. The minimum Gasteiger partial charge on any atom is -0.352 e. The van der Waals surface area contributed by atoms with Gasteiger partial charge in [0, 0.05) is 50.1 Å². The zero-order valence-electron chi connectivity index (χ0n) is 12.9. The molecule has 0 bridgehead atoms. The summed E-state index contributed by atoms with van der Waals surface area (Å²) in [4.78, 5) is 20.4. The summed E-state index contributed by atoms with van der Waals surface area (Å²) in [5, 5.41) is 8.65. The third kappa shape index (κ3) is 3.02. The molecule has 3 heterocycles. The van der Waals surface area contributed by atoms with Crippen molar-refractivity contribution in [2.24, 2.45) is 5.92 Å². The van der Waals surface area contributed by atoms with Crippen molar-refractivity contribution in [2.75, 3.05) is 31.1 Å². The van der Waals surface area contributed by atoms with Gasteiger partial charge in [-0.1, -0.05) is 0 Å². The summed E-state index contributed by atoms with van der Waals surface area (Å²) in [5.74, 6) is 1.51. The second kappa shape index (κ2) is 5.95. The molecule has 2 aromatic rings. The van der Waals surface area contributed by atoms with Gasteiger partial charge in [0.2, 0.25) is 5.91 Å². The average Bonchev–Trinajstić information content (AvgIpc) is 3.47. The molecule has 2 aromatic heterocycles. The van der Waals surface area contributed by atoms with Crippen LogP contribution in [-0.4, -0.2) is 52.2 Å². The highest BCUT2D eigenvalue weighted by atomic mass is 16.2. The van der Waals surface area contributed by atoms with Crippen LogP contribution in [0.25, 0.3) is 11.3 Å². The minimum absolute atomic E-state index is 0.306. The van der Waals surface area contributed by atoms with E-state index in [4.69, 9.17) is 0 Å². The fourth-order valence-electron chi connectivity index (χ4n) is 2.91. The molecule has 23 heavy (non-hydrogen) atoms. The van der Waals surface area contributed by atoms with Gasteiger partial charge in [0.15, 0.2) is 5.82 Å². The lowest BCUT2D eigenvalue weighted by molar-refractivity contribution is -0.132. The molecule has 4 rings (SSSR count). The summed E-state index contributed by atoms with van der Waals surface area (Å²) < 4.78 is 0. The Labute approximate surface area is 135 Å². The number of nitrogens with zero attached hydrogens (tertiary/aromatic N) is 5. The maximum absolute atomic E-state index is 12.1. The topological polar surface area (TPSA) is 62.2 Å². The highest BCUT2D eigenvalue weighted by Gasteiger charge is 2.34. The lowest BCUT2D eigenvalue weighted by Crippen LogP contribution is -2.49. The summed E-state index contributed by atoms with van der Waals surface area (Å²) in [6.45, 7) is 3.20. The van der Waals surface area contributed by atoms with E-state index >= 15 is 0 Å². The fraction of sp³-hybridized carbons (Fsp3) is 0.412. The molecule has 0 unspecified atom stereocenters. The lowest BCUT2D eigenvalue weighted by atomic mass is 10.2. The van der Waals surface area contributed by atoms with Crippen molar-refractivity contribution in [3.63, 3.8) is 0 Å². The van der Waals surface area contributed by atoms with Crippen LogP contribution in [0, 0.1) is 5.92 Å². The molecule has 1 saturated heterocycles. The van der Waals surface area contributed by atoms with E-state index < -0.39 is 0 Å². The average molecular weight is 309 g/mol. The summed E-state index contributed by atoms with van der Waals surface area (Å²) in [6, 6.07) is 7.83. The number of aromatic nitrogens is 3. The number of anilines is 1. The van der Waals surface area contributed by atoms with Gasteiger partial charge < -0.3 is 9.80 Å². The molecular weight excluding hydrogens is 290 g/mol. The molecule has 0 atom stereocenters. The molecule has 6 heteroatoms. The van der Waals surface area contributed by atoms with Gasteiger partial charge >= 0.3 is 0 Å². The van der Waals surface area contributed by atoms with Crippen molar-refractivity contribution in [3.8, 4) is 11.3 Å². The maximum atomic E-state index is 12.1. The third-order valence-corrected chi connectivity index (χ3v) is 4.45. The standard InChI is InChI=1S/C17H19N5O/c23-17(13-3-4-13)22-10-8-21(9-11-22)16-6-5-15(19-20-16)14-2-1-7-18-12-14/h1-2,5-7,12-13H,3-4,8-11H2. The van der Waals surface area contributed by atoms with Gasteiger partial charge in [-0.25, -0.2) is 0 Å². The van der Waals surface area contributed by atoms with Crippen molar-refractivity contribution < 1.29 is 4.79 Å². The van der Waals surface area contributed by atoms with E-state index in [1.165, 1.54) is 0 Å². The van der Waals surface area contributed by atoms with Gasteiger partial charge in [-0.2, -0.15) is 0 Å². The molecule has 118 valence electrons. The van der Waals surface area contributed by atoms with Crippen LogP contribution < -0.4 is 4.90 Å². The van der Waals surface area contributed by atoms with Crippen molar-refractivity contribution in [3.05, 3.63) is 36.7 Å². The van der Waals surface area contributed by atoms with E-state index in [9.17, 15) is 4.79 Å². The minimum atomic E-state index is 0.306. The number of carbonyl (C=O) groups excluding carboxylic acids is 1. The molecule has 6 nitrogen and oxygen atoms in total. The van der Waals surface area contributed by atoms with E-state index in [2.05, 4.69) is 20.1 Å². The van der Waals surface area contributed by atoms with Gasteiger partial charge in [0.05, 0.1) is 5.69 Å². The molecule has 1 saturated carbocycles. The predicted molar refractivity (Wildman–Crippen MR) is 86.8 cm³/mol. The quantitative estimate of drug-likeness (QED) is 0.862. The molecule has 1 aliphatic carbocycles. The molecular formula is C17H19N5O. The van der Waals surface area contributed by atoms with Crippen molar-refractivity contribution in [1.82, 2.24) is 20.1 Å². The van der Waals surface area contributed by atoms with Crippen LogP contribution in [0.2, 0.25) is 0 Å². The van der Waals surface area contributed by atoms with E-state index in [1.54, 1.807) is 12.4 Å². The number of piperazine rings is 1. The number of rotatable bonds is 3. The Morgan fingerprint density at radius 3 is 2.48 bits per heavy atom. The molecule has 1 amide bonds. The maximum Gasteiger partial charge on any atom is 0.225 e. The van der Waals surface area contributed by atoms with Gasteiger partial charge in [-0.15, -0.1) is 10.2 Å². The van der Waals surface area contributed by atoms with Crippen molar-refractivity contribution in [1.29, 1.82) is 0 Å². The first-order valence-corrected chi connectivity index (χ1v) is 8.09. The summed E-state index contributed by atoms with van der Waals surface area (Å²) >= 11 is 0. The van der Waals surface area contributed by atoms with Crippen LogP contribution in [0.3, 0.4) is 0 Å². The van der Waals surface area contributed by atoms with Gasteiger partial charge in [0.25, 0.3) is 0 Å². The normalized spacial score (nSPS) is 18.1. The number of carbonyl (C=O) groups is 1. The third-order valence-electron chi connectivity index (χ3n) is 4.45. The SMILES string of the molecule is O=C(C1CC1)N1CCN(c2ccc(-c3cccnc3)nn2)CC1. The zero-order chi connectivity index (χ0) is 15.6. The van der Waals surface area contributed by atoms with E-state index in [0.29, 0.717) is 11.8 Å². The number of hydrogen-bond donors (Lipinski definition) is 0.